The van der Waals surface area contributed by atoms with Crippen molar-refractivity contribution in [2.75, 3.05) is 13.2 Å². The molecule has 0 aromatic heterocycles. The lowest BCUT2D eigenvalue weighted by atomic mass is 10.1. The number of rotatable bonds is 6. The van der Waals surface area contributed by atoms with Gasteiger partial charge >= 0.3 is 0 Å². The molecule has 0 fully saturated rings. The van der Waals surface area contributed by atoms with Crippen LogP contribution in [0.25, 0.3) is 0 Å². The zero-order valence-electron chi connectivity index (χ0n) is 10.8. The quantitative estimate of drug-likeness (QED) is 0.746. The van der Waals surface area contributed by atoms with Crippen LogP contribution in [0.15, 0.2) is 24.3 Å². The van der Waals surface area contributed by atoms with Gasteiger partial charge in [-0.3, -0.25) is 0 Å². The Hall–Kier alpha value is -1.02. The molecule has 2 heteroatoms. The second-order valence-electron chi connectivity index (χ2n) is 4.65. The highest BCUT2D eigenvalue weighted by molar-refractivity contribution is 5.26. The molecule has 16 heavy (non-hydrogen) atoms. The first-order chi connectivity index (χ1) is 7.59. The zero-order valence-corrected chi connectivity index (χ0v) is 10.8. The molecule has 0 aliphatic rings. The molecule has 0 heterocycles. The van der Waals surface area contributed by atoms with Gasteiger partial charge in [-0.1, -0.05) is 31.5 Å². The largest absolute Gasteiger partial charge is 0.492 e. The average molecular weight is 221 g/mol. The molecular weight excluding hydrogens is 198 g/mol. The van der Waals surface area contributed by atoms with Gasteiger partial charge in [0, 0.05) is 12.6 Å². The number of aryl methyl sites for hydroxylation is 1. The third-order valence-corrected chi connectivity index (χ3v) is 2.86. The molecular formula is C14H23NO. The van der Waals surface area contributed by atoms with Gasteiger partial charge in [-0.05, 0) is 31.9 Å². The van der Waals surface area contributed by atoms with Crippen LogP contribution < -0.4 is 10.1 Å². The van der Waals surface area contributed by atoms with Crippen LogP contribution in [0.1, 0.15) is 26.3 Å². The van der Waals surface area contributed by atoms with Crippen LogP contribution in [-0.4, -0.2) is 19.2 Å². The second-order valence-corrected chi connectivity index (χ2v) is 4.65. The van der Waals surface area contributed by atoms with Crippen LogP contribution in [-0.2, 0) is 0 Å². The molecule has 0 saturated carbocycles. The van der Waals surface area contributed by atoms with Crippen LogP contribution in [0.3, 0.4) is 0 Å². The Morgan fingerprint density at radius 1 is 1.12 bits per heavy atom. The predicted octanol–water partition coefficient (Wildman–Crippen LogP) is 3.01. The highest BCUT2D eigenvalue weighted by atomic mass is 16.5. The Bertz CT molecular complexity index is 292. The topological polar surface area (TPSA) is 21.3 Å². The number of benzene rings is 1. The van der Waals surface area contributed by atoms with Crippen molar-refractivity contribution in [2.24, 2.45) is 5.92 Å². The van der Waals surface area contributed by atoms with Gasteiger partial charge in [0.1, 0.15) is 12.4 Å². The summed E-state index contributed by atoms with van der Waals surface area (Å²) in [6, 6.07) is 8.71. The Morgan fingerprint density at radius 2 is 1.75 bits per heavy atom. The lowest BCUT2D eigenvalue weighted by molar-refractivity contribution is 0.297. The summed E-state index contributed by atoms with van der Waals surface area (Å²) >= 11 is 0. The molecule has 2 nitrogen and oxygen atoms in total. The molecule has 0 spiro atoms. The average Bonchev–Trinajstić information content (AvgIpc) is 2.26. The maximum Gasteiger partial charge on any atom is 0.119 e. The Kier molecular flexibility index (Phi) is 5.33. The van der Waals surface area contributed by atoms with E-state index in [2.05, 4.69) is 45.1 Å². The first-order valence-corrected chi connectivity index (χ1v) is 6.02. The summed E-state index contributed by atoms with van der Waals surface area (Å²) in [5, 5.41) is 3.44. The van der Waals surface area contributed by atoms with Crippen molar-refractivity contribution in [1.29, 1.82) is 0 Å². The second kappa shape index (κ2) is 6.54. The number of nitrogens with one attached hydrogen (secondary N) is 1. The van der Waals surface area contributed by atoms with E-state index in [1.807, 2.05) is 12.1 Å². The normalized spacial score (nSPS) is 12.8. The number of ether oxygens (including phenoxy) is 1. The van der Waals surface area contributed by atoms with E-state index in [1.54, 1.807) is 0 Å². The summed E-state index contributed by atoms with van der Waals surface area (Å²) in [6.07, 6.45) is 0. The molecule has 0 saturated heterocycles. The van der Waals surface area contributed by atoms with Crippen molar-refractivity contribution in [3.63, 3.8) is 0 Å². The molecule has 1 unspecified atom stereocenters. The fourth-order valence-corrected chi connectivity index (χ4v) is 1.33. The third kappa shape index (κ3) is 4.67. The van der Waals surface area contributed by atoms with Gasteiger partial charge in [-0.2, -0.15) is 0 Å². The van der Waals surface area contributed by atoms with Gasteiger partial charge in [0.25, 0.3) is 0 Å². The minimum absolute atomic E-state index is 0.543. The Balaban J connectivity index is 2.18. The molecule has 0 bridgehead atoms. The highest BCUT2D eigenvalue weighted by Gasteiger charge is 2.04. The molecule has 0 radical (unpaired) electrons. The molecule has 1 aromatic carbocycles. The van der Waals surface area contributed by atoms with Gasteiger partial charge in [0.15, 0.2) is 0 Å². The summed E-state index contributed by atoms with van der Waals surface area (Å²) in [6.45, 7) is 10.3. The summed E-state index contributed by atoms with van der Waals surface area (Å²) < 4.78 is 5.63. The molecule has 0 aliphatic carbocycles. The van der Waals surface area contributed by atoms with E-state index >= 15 is 0 Å². The molecule has 0 aliphatic heterocycles. The fourth-order valence-electron chi connectivity index (χ4n) is 1.33. The van der Waals surface area contributed by atoms with E-state index in [-0.39, 0.29) is 0 Å². The Labute approximate surface area is 99.0 Å². The minimum Gasteiger partial charge on any atom is -0.492 e. The van der Waals surface area contributed by atoms with Gasteiger partial charge < -0.3 is 10.1 Å². The SMILES string of the molecule is Cc1ccc(OCCNC(C)C(C)C)cc1. The van der Waals surface area contributed by atoms with Crippen LogP contribution in [0.4, 0.5) is 0 Å². The first kappa shape index (κ1) is 13.0. The Morgan fingerprint density at radius 3 is 2.31 bits per heavy atom. The van der Waals surface area contributed by atoms with Gasteiger partial charge in [0.2, 0.25) is 0 Å². The fraction of sp³-hybridized carbons (Fsp3) is 0.571. The van der Waals surface area contributed by atoms with Crippen molar-refractivity contribution in [2.45, 2.75) is 33.7 Å². The van der Waals surface area contributed by atoms with Crippen LogP contribution in [0.2, 0.25) is 0 Å². The smallest absolute Gasteiger partial charge is 0.119 e. The molecule has 0 amide bonds. The lowest BCUT2D eigenvalue weighted by Gasteiger charge is -2.17. The maximum atomic E-state index is 5.63. The third-order valence-electron chi connectivity index (χ3n) is 2.86. The van der Waals surface area contributed by atoms with E-state index in [9.17, 15) is 0 Å². The summed E-state index contributed by atoms with van der Waals surface area (Å²) in [5.74, 6) is 1.61. The first-order valence-electron chi connectivity index (χ1n) is 6.02. The van der Waals surface area contributed by atoms with Gasteiger partial charge in [-0.25, -0.2) is 0 Å². The van der Waals surface area contributed by atoms with Gasteiger partial charge in [-0.15, -0.1) is 0 Å². The standard InChI is InChI=1S/C14H23NO/c1-11(2)13(4)15-9-10-16-14-7-5-12(3)6-8-14/h5-8,11,13,15H,9-10H2,1-4H3. The molecule has 1 N–H and O–H groups in total. The molecule has 1 rings (SSSR count). The van der Waals surface area contributed by atoms with Crippen molar-refractivity contribution in [3.05, 3.63) is 29.8 Å². The van der Waals surface area contributed by atoms with Crippen molar-refractivity contribution < 1.29 is 4.74 Å². The van der Waals surface area contributed by atoms with E-state index in [0.29, 0.717) is 12.0 Å². The lowest BCUT2D eigenvalue weighted by Crippen LogP contribution is -2.33. The maximum absolute atomic E-state index is 5.63. The zero-order chi connectivity index (χ0) is 12.0. The number of hydrogen-bond donors (Lipinski definition) is 1. The summed E-state index contributed by atoms with van der Waals surface area (Å²) in [7, 11) is 0. The van der Waals surface area contributed by atoms with Crippen molar-refractivity contribution in [1.82, 2.24) is 5.32 Å². The van der Waals surface area contributed by atoms with E-state index in [0.717, 1.165) is 18.9 Å². The van der Waals surface area contributed by atoms with Crippen LogP contribution >= 0.6 is 0 Å². The van der Waals surface area contributed by atoms with Crippen LogP contribution in [0.5, 0.6) is 5.75 Å². The predicted molar refractivity (Wildman–Crippen MR) is 69.0 cm³/mol. The van der Waals surface area contributed by atoms with E-state index < -0.39 is 0 Å². The number of hydrogen-bond acceptors (Lipinski definition) is 2. The van der Waals surface area contributed by atoms with E-state index in [1.165, 1.54) is 5.56 Å². The molecule has 90 valence electrons. The molecule has 1 aromatic rings. The van der Waals surface area contributed by atoms with Crippen molar-refractivity contribution in [3.8, 4) is 5.75 Å². The van der Waals surface area contributed by atoms with E-state index in [4.69, 9.17) is 4.74 Å². The van der Waals surface area contributed by atoms with Crippen LogP contribution in [0, 0.1) is 12.8 Å². The summed E-state index contributed by atoms with van der Waals surface area (Å²) in [5.41, 5.74) is 1.26. The monoisotopic (exact) mass is 221 g/mol. The summed E-state index contributed by atoms with van der Waals surface area (Å²) in [4.78, 5) is 0. The highest BCUT2D eigenvalue weighted by Crippen LogP contribution is 2.10. The van der Waals surface area contributed by atoms with Crippen molar-refractivity contribution >= 4 is 0 Å². The molecule has 1 atom stereocenters. The van der Waals surface area contributed by atoms with Gasteiger partial charge in [0.05, 0.1) is 0 Å². The minimum atomic E-state index is 0.543.